The monoisotopic (exact) mass is 917 g/mol. The molecule has 0 aliphatic rings. The number of nitrogens with one attached hydrogen (secondary N) is 10. The first kappa shape index (κ1) is 51.3. The Kier molecular flexibility index (Phi) is 20.1. The van der Waals surface area contributed by atoms with Crippen molar-refractivity contribution in [3.63, 3.8) is 0 Å². The third-order valence-corrected chi connectivity index (χ3v) is 10.5. The van der Waals surface area contributed by atoms with Crippen molar-refractivity contribution < 1.29 is 43.1 Å². The number of halogens is 1. The van der Waals surface area contributed by atoms with E-state index >= 15 is 4.39 Å². The van der Waals surface area contributed by atoms with Gasteiger partial charge < -0.3 is 63.8 Å². The van der Waals surface area contributed by atoms with Crippen LogP contribution in [0.15, 0.2) is 73.3 Å². The Balaban J connectivity index is 1.61. The van der Waals surface area contributed by atoms with Crippen LogP contribution in [0, 0.1) is 5.41 Å². The molecular weight excluding hydrogens is 858 g/mol. The van der Waals surface area contributed by atoms with Gasteiger partial charge in [0.2, 0.25) is 35.4 Å². The fourth-order valence-corrected chi connectivity index (χ4v) is 7.11. The van der Waals surface area contributed by atoms with Gasteiger partial charge in [-0.2, -0.15) is 0 Å². The Hall–Kier alpha value is -7.36. The number of hydrogen-bond donors (Lipinski definition) is 13. The second kappa shape index (κ2) is 25.8. The van der Waals surface area contributed by atoms with E-state index in [1.165, 1.54) is 19.4 Å². The van der Waals surface area contributed by atoms with Gasteiger partial charge in [-0.25, -0.2) is 14.2 Å². The Morgan fingerprint density at radius 3 is 1.92 bits per heavy atom. The maximum absolute atomic E-state index is 15.5. The lowest BCUT2D eigenvalue weighted by molar-refractivity contribution is -0.142. The molecule has 0 saturated carbocycles. The Morgan fingerprint density at radius 1 is 0.742 bits per heavy atom. The van der Waals surface area contributed by atoms with Crippen LogP contribution in [0.4, 0.5) is 4.39 Å². The highest BCUT2D eigenvalue weighted by atomic mass is 19.1. The number of guanidine groups is 1. The van der Waals surface area contributed by atoms with Gasteiger partial charge in [-0.05, 0) is 36.6 Å². The minimum absolute atomic E-state index is 0.0385. The van der Waals surface area contributed by atoms with Gasteiger partial charge in [-0.15, -0.1) is 0 Å². The fourth-order valence-electron chi connectivity index (χ4n) is 7.11. The van der Waals surface area contributed by atoms with Crippen LogP contribution >= 0.6 is 0 Å². The van der Waals surface area contributed by atoms with Gasteiger partial charge in [0.05, 0.1) is 12.0 Å². The molecule has 2 aromatic heterocycles. The maximum atomic E-state index is 15.5. The molecule has 0 fully saturated rings. The predicted molar refractivity (Wildman–Crippen MR) is 242 cm³/mol. The van der Waals surface area contributed by atoms with Gasteiger partial charge in [0.25, 0.3) is 0 Å². The van der Waals surface area contributed by atoms with Gasteiger partial charge in [0.15, 0.2) is 5.96 Å². The summed E-state index contributed by atoms with van der Waals surface area (Å²) >= 11 is 0. The van der Waals surface area contributed by atoms with Crippen LogP contribution in [0.1, 0.15) is 62.8 Å². The topological polar surface area (TPSA) is 344 Å². The summed E-state index contributed by atoms with van der Waals surface area (Å²) in [6, 6.07) is 7.35. The molecule has 0 saturated heterocycles. The van der Waals surface area contributed by atoms with E-state index in [-0.39, 0.29) is 32.2 Å². The number of carboxylic acid groups (broad SMARTS) is 1. The molecule has 0 bridgehead atoms. The third-order valence-electron chi connectivity index (χ3n) is 10.5. The number of para-hydroxylation sites is 1. The van der Waals surface area contributed by atoms with E-state index in [0.29, 0.717) is 29.7 Å². The number of benzene rings is 2. The van der Waals surface area contributed by atoms with Crippen LogP contribution in [-0.4, -0.2) is 123 Å². The predicted octanol–water partition coefficient (Wildman–Crippen LogP) is -0.318. The number of imidazole rings is 1. The highest BCUT2D eigenvalue weighted by Crippen LogP contribution is 2.19. The highest BCUT2D eigenvalue weighted by molar-refractivity contribution is 5.97. The Bertz CT molecular complexity index is 2260. The number of fused-ring (bicyclic) bond motifs is 1. The molecule has 22 heteroatoms. The lowest BCUT2D eigenvalue weighted by Crippen LogP contribution is -2.60. The summed E-state index contributed by atoms with van der Waals surface area (Å²) in [5, 5.41) is 36.1. The number of nitrogens with zero attached hydrogens (tertiary/aromatic N) is 1. The number of carbonyl (C=O) groups excluding carboxylic acids is 6. The van der Waals surface area contributed by atoms with Crippen LogP contribution < -0.4 is 48.7 Å². The molecule has 21 nitrogen and oxygen atoms in total. The molecule has 2 aromatic carbocycles. The van der Waals surface area contributed by atoms with E-state index in [1.54, 1.807) is 60.8 Å². The van der Waals surface area contributed by atoms with Crippen LogP contribution in [-0.2, 0) is 52.8 Å². The minimum Gasteiger partial charge on any atom is -0.480 e. The summed E-state index contributed by atoms with van der Waals surface area (Å²) < 4.78 is 15.5. The van der Waals surface area contributed by atoms with Crippen LogP contribution in [0.3, 0.4) is 0 Å². The normalized spacial score (nSPS) is 14.2. The number of alkyl halides is 1. The van der Waals surface area contributed by atoms with Crippen molar-refractivity contribution in [2.45, 2.75) is 108 Å². The number of aromatic nitrogens is 3. The molecule has 356 valence electrons. The number of unbranched alkanes of at least 4 members (excludes halogenated alkanes) is 1. The molecule has 0 aliphatic carbocycles. The zero-order valence-corrected chi connectivity index (χ0v) is 36.8. The zero-order chi connectivity index (χ0) is 48.2. The number of nitrogens with two attached hydrogens (primary N) is 2. The van der Waals surface area contributed by atoms with Crippen molar-refractivity contribution in [3.05, 3.63) is 90.1 Å². The smallest absolute Gasteiger partial charge is 0.326 e. The average molecular weight is 918 g/mol. The van der Waals surface area contributed by atoms with Gasteiger partial charge in [-0.1, -0.05) is 68.3 Å². The maximum Gasteiger partial charge on any atom is 0.326 e. The number of carboxylic acids is 1. The van der Waals surface area contributed by atoms with E-state index < -0.39 is 103 Å². The molecule has 1 unspecified atom stereocenters. The number of amides is 6. The summed E-state index contributed by atoms with van der Waals surface area (Å²) in [7, 11) is 0. The average Bonchev–Trinajstić information content (AvgIpc) is 3.96. The van der Waals surface area contributed by atoms with Crippen LogP contribution in [0.2, 0.25) is 0 Å². The molecule has 0 spiro atoms. The highest BCUT2D eigenvalue weighted by Gasteiger charge is 2.35. The van der Waals surface area contributed by atoms with Crippen molar-refractivity contribution in [3.8, 4) is 0 Å². The van der Waals surface area contributed by atoms with Crippen molar-refractivity contribution in [2.75, 3.05) is 13.1 Å². The van der Waals surface area contributed by atoms with E-state index in [0.717, 1.165) is 17.3 Å². The molecule has 6 amide bonds. The Morgan fingerprint density at radius 2 is 1.32 bits per heavy atom. The van der Waals surface area contributed by atoms with E-state index in [9.17, 15) is 38.7 Å². The lowest BCUT2D eigenvalue weighted by atomic mass is 10.0. The summed E-state index contributed by atoms with van der Waals surface area (Å²) in [6.45, 7) is 2.62. The fraction of sp³-hybridized carbons (Fsp3) is 0.432. The first-order chi connectivity index (χ1) is 31.6. The van der Waals surface area contributed by atoms with Gasteiger partial charge in [0.1, 0.15) is 42.4 Å². The first-order valence-corrected chi connectivity index (χ1v) is 21.6. The molecule has 0 aliphatic heterocycles. The molecule has 4 aromatic rings. The number of rotatable bonds is 27. The number of aromatic amines is 2. The molecule has 4 rings (SSSR count). The van der Waals surface area contributed by atoms with Crippen molar-refractivity contribution >= 4 is 58.3 Å². The second-order valence-electron chi connectivity index (χ2n) is 15.8. The summed E-state index contributed by atoms with van der Waals surface area (Å²) in [5.41, 5.74) is 13.4. The molecule has 7 atom stereocenters. The molecule has 66 heavy (non-hydrogen) atoms. The number of H-pyrrole nitrogens is 2. The quantitative estimate of drug-likeness (QED) is 0.0271. The summed E-state index contributed by atoms with van der Waals surface area (Å²) in [6.07, 6.45) is 2.97. The van der Waals surface area contributed by atoms with Crippen molar-refractivity contribution in [1.29, 1.82) is 5.41 Å². The van der Waals surface area contributed by atoms with Crippen LogP contribution in [0.25, 0.3) is 10.9 Å². The molecule has 2 heterocycles. The standard InChI is InChI=1S/C44H60FN13O8/c1-3-4-13-32(53-25(2)59)38(60)54-33(15-16-46)39(61)57-36(20-29-23-49-24-52-29)42(64)55-34(17-26-10-6-5-7-11-26)40(62)56-35(19-28(45)22-51-44(47)48)41(63)58-37(43(65)66)18-27-21-50-31-14-9-8-12-30(27)31/h5-12,14,21,23-24,28,32-37,50H,3-4,13,15-20,22,46H2,1-2H3,(H,49,52)(H,53,59)(H,54,60)(H,55,64)(H,56,62)(H,57,61)(H,58,63)(H,65,66)(H4,47,48,51)/t28?,32-,33-,34+,35-,36-,37-/m0/s1. The molecule has 0 radical (unpaired) electrons. The van der Waals surface area contributed by atoms with Gasteiger partial charge in [-0.3, -0.25) is 34.2 Å². The van der Waals surface area contributed by atoms with E-state index in [2.05, 4.69) is 52.2 Å². The molecule has 15 N–H and O–H groups in total. The van der Waals surface area contributed by atoms with Crippen molar-refractivity contribution in [2.24, 2.45) is 11.5 Å². The van der Waals surface area contributed by atoms with E-state index in [4.69, 9.17) is 16.9 Å². The summed E-state index contributed by atoms with van der Waals surface area (Å²) in [4.78, 5) is 104. The number of carbonyl (C=O) groups is 7. The van der Waals surface area contributed by atoms with Gasteiger partial charge >= 0.3 is 5.97 Å². The zero-order valence-electron chi connectivity index (χ0n) is 36.8. The SMILES string of the molecule is CCCC[C@H](NC(C)=O)C(=O)N[C@@H](CCN)C(=O)N[C@@H](Cc1c[nH]cn1)C(=O)N[C@H](Cc1ccccc1)C(=O)N[C@@H](CC(F)CNC(=N)N)C(=O)N[C@@H](Cc1c[nH]c2ccccc12)C(=O)O. The Labute approximate surface area is 380 Å². The number of hydrogen-bond acceptors (Lipinski definition) is 10. The van der Waals surface area contributed by atoms with Crippen molar-refractivity contribution in [1.82, 2.24) is 52.2 Å². The van der Waals surface area contributed by atoms with Crippen LogP contribution in [0.5, 0.6) is 0 Å². The largest absolute Gasteiger partial charge is 0.480 e. The lowest BCUT2D eigenvalue weighted by Gasteiger charge is -2.28. The number of aliphatic carboxylic acids is 1. The minimum atomic E-state index is -1.89. The first-order valence-electron chi connectivity index (χ1n) is 21.6. The second-order valence-corrected chi connectivity index (χ2v) is 15.8. The van der Waals surface area contributed by atoms with Gasteiger partial charge in [0, 0.05) is 62.4 Å². The summed E-state index contributed by atoms with van der Waals surface area (Å²) in [5.74, 6) is -6.69. The van der Waals surface area contributed by atoms with E-state index in [1.807, 2.05) is 6.92 Å². The third kappa shape index (κ3) is 16.3. The molecular formula is C44H60FN13O8.